The van der Waals surface area contributed by atoms with Crippen LogP contribution in [-0.4, -0.2) is 42.6 Å². The smallest absolute Gasteiger partial charge is 0.305 e. The van der Waals surface area contributed by atoms with Crippen molar-refractivity contribution in [2.45, 2.75) is 25.8 Å². The fourth-order valence-corrected chi connectivity index (χ4v) is 4.17. The summed E-state index contributed by atoms with van der Waals surface area (Å²) in [5.74, 6) is 0.0597. The number of methoxy groups -OCH3 is 2. The van der Waals surface area contributed by atoms with E-state index in [9.17, 15) is 14.7 Å². The number of nitrogens with zero attached hydrogens (tertiary/aromatic N) is 1. The molecule has 1 aromatic heterocycles. The summed E-state index contributed by atoms with van der Waals surface area (Å²) in [6, 6.07) is 6.83. The van der Waals surface area contributed by atoms with Crippen LogP contribution in [0.3, 0.4) is 0 Å². The third-order valence-electron chi connectivity index (χ3n) is 4.58. The molecule has 0 bridgehead atoms. The van der Waals surface area contributed by atoms with Gasteiger partial charge in [0.25, 0.3) is 5.91 Å². The average Bonchev–Trinajstić information content (AvgIpc) is 3.06. The van der Waals surface area contributed by atoms with Gasteiger partial charge in [-0.2, -0.15) is 0 Å². The highest BCUT2D eigenvalue weighted by Crippen LogP contribution is 2.40. The lowest BCUT2D eigenvalue weighted by molar-refractivity contribution is -0.138. The molecule has 0 radical (unpaired) electrons. The highest BCUT2D eigenvalue weighted by Gasteiger charge is 2.34. The number of benzene rings is 1. The van der Waals surface area contributed by atoms with Crippen LogP contribution in [-0.2, 0) is 11.2 Å². The second kappa shape index (κ2) is 7.37. The summed E-state index contributed by atoms with van der Waals surface area (Å²) in [5, 5.41) is 9.40. The number of hydrogen-bond acceptors (Lipinski definition) is 5. The molecule has 3 rings (SSSR count). The molecule has 1 N–H and O–H groups in total. The maximum Gasteiger partial charge on any atom is 0.305 e. The molecular weight excluding hydrogens is 354 g/mol. The Balaban J connectivity index is 2.03. The van der Waals surface area contributed by atoms with Crippen LogP contribution in [0.2, 0.25) is 0 Å². The fraction of sp³-hybridized carbons (Fsp3) is 0.368. The fourth-order valence-electron chi connectivity index (χ4n) is 3.35. The molecule has 7 heteroatoms. The van der Waals surface area contributed by atoms with E-state index in [1.165, 1.54) is 18.4 Å². The third kappa shape index (κ3) is 3.39. The van der Waals surface area contributed by atoms with Crippen molar-refractivity contribution < 1.29 is 24.2 Å². The van der Waals surface area contributed by atoms with E-state index in [0.29, 0.717) is 29.3 Å². The minimum atomic E-state index is -0.946. The SMILES string of the molecule is COc1cc2c(cc1OC)C(CC(=O)O)N(C(=O)c1ccc(C)s1)CC2. The topological polar surface area (TPSA) is 76.1 Å². The Morgan fingerprint density at radius 2 is 1.92 bits per heavy atom. The van der Waals surface area contributed by atoms with Crippen LogP contribution in [0.15, 0.2) is 24.3 Å². The Hall–Kier alpha value is -2.54. The van der Waals surface area contributed by atoms with Gasteiger partial charge in [0.05, 0.1) is 31.6 Å². The molecule has 26 heavy (non-hydrogen) atoms. The van der Waals surface area contributed by atoms with Gasteiger partial charge in [-0.25, -0.2) is 0 Å². The summed E-state index contributed by atoms with van der Waals surface area (Å²) in [5.41, 5.74) is 1.79. The van der Waals surface area contributed by atoms with Gasteiger partial charge >= 0.3 is 5.97 Å². The standard InChI is InChI=1S/C19H21NO5S/c1-11-4-5-17(26-11)19(23)20-7-6-12-8-15(24-2)16(25-3)9-13(12)14(20)10-18(21)22/h4-5,8-9,14H,6-7,10H2,1-3H3,(H,21,22). The number of carbonyl (C=O) groups is 2. The van der Waals surface area contributed by atoms with Crippen molar-refractivity contribution in [2.24, 2.45) is 0 Å². The molecule has 1 aliphatic rings. The van der Waals surface area contributed by atoms with Gasteiger partial charge in [0, 0.05) is 11.4 Å². The molecule has 1 amide bonds. The molecule has 0 spiro atoms. The van der Waals surface area contributed by atoms with Gasteiger partial charge in [-0.15, -0.1) is 11.3 Å². The lowest BCUT2D eigenvalue weighted by Crippen LogP contribution is -2.40. The van der Waals surface area contributed by atoms with Gasteiger partial charge in [-0.05, 0) is 48.7 Å². The van der Waals surface area contributed by atoms with Crippen molar-refractivity contribution in [3.8, 4) is 11.5 Å². The Labute approximate surface area is 156 Å². The van der Waals surface area contributed by atoms with E-state index in [4.69, 9.17) is 9.47 Å². The second-order valence-corrected chi connectivity index (χ2v) is 7.47. The van der Waals surface area contributed by atoms with Crippen molar-refractivity contribution in [1.29, 1.82) is 0 Å². The Bertz CT molecular complexity index is 844. The number of aryl methyl sites for hydroxylation is 1. The number of carboxylic acids is 1. The summed E-state index contributed by atoms with van der Waals surface area (Å²) >= 11 is 1.42. The molecule has 2 aromatic rings. The van der Waals surface area contributed by atoms with Crippen LogP contribution in [0, 0.1) is 6.92 Å². The molecule has 138 valence electrons. The summed E-state index contributed by atoms with van der Waals surface area (Å²) in [6.45, 7) is 2.41. The Morgan fingerprint density at radius 1 is 1.23 bits per heavy atom. The zero-order valence-electron chi connectivity index (χ0n) is 14.9. The minimum Gasteiger partial charge on any atom is -0.493 e. The van der Waals surface area contributed by atoms with E-state index in [-0.39, 0.29) is 12.3 Å². The van der Waals surface area contributed by atoms with Crippen molar-refractivity contribution in [1.82, 2.24) is 4.90 Å². The number of carboxylic acid groups (broad SMARTS) is 1. The molecule has 1 aliphatic heterocycles. The van der Waals surface area contributed by atoms with Crippen LogP contribution in [0.5, 0.6) is 11.5 Å². The number of fused-ring (bicyclic) bond motifs is 1. The van der Waals surface area contributed by atoms with Crippen molar-refractivity contribution in [3.63, 3.8) is 0 Å². The maximum absolute atomic E-state index is 13.0. The van der Waals surface area contributed by atoms with Gasteiger partial charge < -0.3 is 19.5 Å². The molecular formula is C19H21NO5S. The number of carbonyl (C=O) groups excluding carboxylic acids is 1. The number of aliphatic carboxylic acids is 1. The molecule has 1 aromatic carbocycles. The lowest BCUT2D eigenvalue weighted by atomic mass is 9.90. The van der Waals surface area contributed by atoms with Crippen LogP contribution >= 0.6 is 11.3 Å². The molecule has 1 unspecified atom stereocenters. The summed E-state index contributed by atoms with van der Waals surface area (Å²) in [7, 11) is 3.10. The van der Waals surface area contributed by atoms with E-state index in [1.807, 2.05) is 19.1 Å². The first-order valence-electron chi connectivity index (χ1n) is 8.28. The van der Waals surface area contributed by atoms with E-state index in [2.05, 4.69) is 0 Å². The van der Waals surface area contributed by atoms with Gasteiger partial charge in [0.15, 0.2) is 11.5 Å². The van der Waals surface area contributed by atoms with Crippen LogP contribution in [0.1, 0.15) is 38.1 Å². The minimum absolute atomic E-state index is 0.130. The zero-order chi connectivity index (χ0) is 18.8. The largest absolute Gasteiger partial charge is 0.493 e. The van der Waals surface area contributed by atoms with Crippen molar-refractivity contribution in [3.05, 3.63) is 45.1 Å². The summed E-state index contributed by atoms with van der Waals surface area (Å²) in [4.78, 5) is 27.8. The first-order valence-corrected chi connectivity index (χ1v) is 9.10. The third-order valence-corrected chi connectivity index (χ3v) is 5.57. The highest BCUT2D eigenvalue weighted by atomic mass is 32.1. The van der Waals surface area contributed by atoms with Gasteiger partial charge in [0.2, 0.25) is 0 Å². The highest BCUT2D eigenvalue weighted by molar-refractivity contribution is 7.13. The second-order valence-electron chi connectivity index (χ2n) is 6.18. The van der Waals surface area contributed by atoms with Crippen LogP contribution in [0.4, 0.5) is 0 Å². The molecule has 0 saturated carbocycles. The monoisotopic (exact) mass is 375 g/mol. The summed E-state index contributed by atoms with van der Waals surface area (Å²) < 4.78 is 10.7. The first kappa shape index (κ1) is 18.3. The number of amides is 1. The Kier molecular flexibility index (Phi) is 5.18. The predicted octanol–water partition coefficient (Wildman–Crippen LogP) is 3.29. The van der Waals surface area contributed by atoms with E-state index in [1.54, 1.807) is 24.1 Å². The molecule has 1 atom stereocenters. The Morgan fingerprint density at radius 3 is 2.50 bits per heavy atom. The van der Waals surface area contributed by atoms with E-state index >= 15 is 0 Å². The molecule has 6 nitrogen and oxygen atoms in total. The predicted molar refractivity (Wildman–Crippen MR) is 98.3 cm³/mol. The summed E-state index contributed by atoms with van der Waals surface area (Å²) in [6.07, 6.45) is 0.487. The first-order chi connectivity index (χ1) is 12.4. The molecule has 2 heterocycles. The number of hydrogen-bond donors (Lipinski definition) is 1. The quantitative estimate of drug-likeness (QED) is 0.868. The van der Waals surface area contributed by atoms with Gasteiger partial charge in [0.1, 0.15) is 0 Å². The van der Waals surface area contributed by atoms with E-state index in [0.717, 1.165) is 16.0 Å². The molecule has 0 aliphatic carbocycles. The van der Waals surface area contributed by atoms with Crippen LogP contribution < -0.4 is 9.47 Å². The number of ether oxygens (including phenoxy) is 2. The molecule has 0 saturated heterocycles. The van der Waals surface area contributed by atoms with E-state index < -0.39 is 12.0 Å². The number of thiophene rings is 1. The van der Waals surface area contributed by atoms with Crippen molar-refractivity contribution >= 4 is 23.2 Å². The normalized spacial score (nSPS) is 16.1. The van der Waals surface area contributed by atoms with Gasteiger partial charge in [-0.1, -0.05) is 0 Å². The molecule has 0 fully saturated rings. The van der Waals surface area contributed by atoms with Gasteiger partial charge in [-0.3, -0.25) is 9.59 Å². The van der Waals surface area contributed by atoms with Crippen molar-refractivity contribution in [2.75, 3.05) is 20.8 Å². The average molecular weight is 375 g/mol. The number of rotatable bonds is 5. The zero-order valence-corrected chi connectivity index (χ0v) is 15.8. The van der Waals surface area contributed by atoms with Crippen LogP contribution in [0.25, 0.3) is 0 Å². The maximum atomic E-state index is 13.0. The lowest BCUT2D eigenvalue weighted by Gasteiger charge is -2.37.